The van der Waals surface area contributed by atoms with Crippen molar-refractivity contribution in [3.8, 4) is 0 Å². The van der Waals surface area contributed by atoms with Gasteiger partial charge in [-0.15, -0.1) is 34.2 Å². The molecule has 1 aromatic rings. The fourth-order valence-corrected chi connectivity index (χ4v) is 2.90. The molecule has 0 spiro atoms. The SMILES string of the molecule is CCc1nncn1CCNC(=NCCCSC)N(C)CC(=O)NC(C)(C)C.I. The van der Waals surface area contributed by atoms with Gasteiger partial charge in [-0.25, -0.2) is 0 Å². The molecule has 0 unspecified atom stereocenters. The summed E-state index contributed by atoms with van der Waals surface area (Å²) in [5, 5.41) is 14.4. The Kier molecular flexibility index (Phi) is 13.5. The van der Waals surface area contributed by atoms with E-state index in [0.29, 0.717) is 6.54 Å². The molecule has 1 amide bonds. The summed E-state index contributed by atoms with van der Waals surface area (Å²) in [5.74, 6) is 2.76. The van der Waals surface area contributed by atoms with Gasteiger partial charge >= 0.3 is 0 Å². The molecule has 0 aliphatic carbocycles. The predicted octanol–water partition coefficient (Wildman–Crippen LogP) is 2.00. The number of nitrogens with zero attached hydrogens (tertiary/aromatic N) is 5. The maximum absolute atomic E-state index is 12.2. The number of aliphatic imine (C=N–C) groups is 1. The molecule has 1 heterocycles. The molecule has 10 heteroatoms. The lowest BCUT2D eigenvalue weighted by Crippen LogP contribution is -2.49. The zero-order valence-electron chi connectivity index (χ0n) is 18.0. The van der Waals surface area contributed by atoms with E-state index in [9.17, 15) is 4.79 Å². The van der Waals surface area contributed by atoms with E-state index in [1.165, 1.54) is 0 Å². The number of hydrogen-bond donors (Lipinski definition) is 2. The molecule has 8 nitrogen and oxygen atoms in total. The lowest BCUT2D eigenvalue weighted by molar-refractivity contribution is -0.122. The fourth-order valence-electron chi connectivity index (χ4n) is 2.48. The molecule has 0 aliphatic rings. The third-order valence-electron chi connectivity index (χ3n) is 3.67. The van der Waals surface area contributed by atoms with E-state index >= 15 is 0 Å². The van der Waals surface area contributed by atoms with E-state index in [-0.39, 0.29) is 42.0 Å². The van der Waals surface area contributed by atoms with Crippen molar-refractivity contribution in [3.05, 3.63) is 12.2 Å². The number of carbonyl (C=O) groups is 1. The highest BCUT2D eigenvalue weighted by Crippen LogP contribution is 2.00. The number of aromatic nitrogens is 3. The summed E-state index contributed by atoms with van der Waals surface area (Å²) in [6, 6.07) is 0. The Labute approximate surface area is 190 Å². The zero-order valence-corrected chi connectivity index (χ0v) is 21.1. The van der Waals surface area contributed by atoms with Crippen molar-refractivity contribution in [2.24, 2.45) is 4.99 Å². The van der Waals surface area contributed by atoms with Gasteiger partial charge in [0.05, 0.1) is 6.54 Å². The quantitative estimate of drug-likeness (QED) is 0.210. The standard InChI is InChI=1S/C18H35N7OS.HI/c1-7-15-23-21-14-25(15)11-10-20-17(19-9-8-12-27-6)24(5)13-16(26)22-18(2,3)4;/h14H,7-13H2,1-6H3,(H,19,20)(H,22,26);1H. The first kappa shape index (κ1) is 27.0. The van der Waals surface area contributed by atoms with Crippen LogP contribution < -0.4 is 10.6 Å². The van der Waals surface area contributed by atoms with Crippen molar-refractivity contribution in [3.63, 3.8) is 0 Å². The highest BCUT2D eigenvalue weighted by Gasteiger charge is 2.17. The number of carbonyl (C=O) groups excluding carboxylic acids is 1. The van der Waals surface area contributed by atoms with Crippen LogP contribution in [0.2, 0.25) is 0 Å². The van der Waals surface area contributed by atoms with Crippen LogP contribution in [-0.4, -0.2) is 75.8 Å². The summed E-state index contributed by atoms with van der Waals surface area (Å²) in [5.41, 5.74) is -0.244. The minimum Gasteiger partial charge on any atom is -0.354 e. The fraction of sp³-hybridized carbons (Fsp3) is 0.778. The smallest absolute Gasteiger partial charge is 0.240 e. The van der Waals surface area contributed by atoms with Gasteiger partial charge in [-0.2, -0.15) is 11.8 Å². The summed E-state index contributed by atoms with van der Waals surface area (Å²) >= 11 is 1.81. The topological polar surface area (TPSA) is 87.4 Å². The van der Waals surface area contributed by atoms with Gasteiger partial charge in [0.2, 0.25) is 5.91 Å². The highest BCUT2D eigenvalue weighted by molar-refractivity contribution is 14.0. The lowest BCUT2D eigenvalue weighted by Gasteiger charge is -2.25. The van der Waals surface area contributed by atoms with E-state index in [4.69, 9.17) is 0 Å². The third-order valence-corrected chi connectivity index (χ3v) is 4.37. The maximum atomic E-state index is 12.2. The van der Waals surface area contributed by atoms with Gasteiger partial charge in [-0.1, -0.05) is 6.92 Å². The van der Waals surface area contributed by atoms with Crippen molar-refractivity contribution in [2.75, 3.05) is 38.7 Å². The number of rotatable bonds is 10. The van der Waals surface area contributed by atoms with Crippen molar-refractivity contribution in [1.29, 1.82) is 0 Å². The summed E-state index contributed by atoms with van der Waals surface area (Å²) in [6.45, 7) is 10.4. The first-order valence-corrected chi connectivity index (χ1v) is 10.8. The van der Waals surface area contributed by atoms with Gasteiger partial charge in [0, 0.05) is 38.6 Å². The Morgan fingerprint density at radius 1 is 1.39 bits per heavy atom. The predicted molar refractivity (Wildman–Crippen MR) is 129 cm³/mol. The lowest BCUT2D eigenvalue weighted by atomic mass is 10.1. The van der Waals surface area contributed by atoms with Gasteiger partial charge in [0.15, 0.2) is 5.96 Å². The molecule has 0 fully saturated rings. The van der Waals surface area contributed by atoms with Crippen molar-refractivity contribution >= 4 is 47.6 Å². The largest absolute Gasteiger partial charge is 0.354 e. The van der Waals surface area contributed by atoms with E-state index in [2.05, 4.69) is 39.0 Å². The number of halogens is 1. The molecule has 162 valence electrons. The molecule has 1 aromatic heterocycles. The summed E-state index contributed by atoms with van der Waals surface area (Å²) in [4.78, 5) is 18.8. The Hall–Kier alpha value is -1.04. The molecule has 28 heavy (non-hydrogen) atoms. The van der Waals surface area contributed by atoms with Crippen LogP contribution in [0.25, 0.3) is 0 Å². The Morgan fingerprint density at radius 3 is 2.71 bits per heavy atom. The average molecular weight is 526 g/mol. The van der Waals surface area contributed by atoms with Crippen LogP contribution in [-0.2, 0) is 17.8 Å². The molecular weight excluding hydrogens is 489 g/mol. The number of nitrogens with one attached hydrogen (secondary N) is 2. The molecule has 0 atom stereocenters. The second-order valence-corrected chi connectivity index (χ2v) is 8.41. The molecule has 1 rings (SSSR count). The van der Waals surface area contributed by atoms with Gasteiger partial charge < -0.3 is 20.1 Å². The number of aryl methyl sites for hydroxylation is 1. The van der Waals surface area contributed by atoms with Gasteiger partial charge in [0.25, 0.3) is 0 Å². The number of thioether (sulfide) groups is 1. The average Bonchev–Trinajstić information content (AvgIpc) is 3.02. The Balaban J connectivity index is 0.00000729. The van der Waals surface area contributed by atoms with E-state index in [0.717, 1.165) is 43.5 Å². The van der Waals surface area contributed by atoms with Crippen molar-refractivity contribution in [2.45, 2.75) is 52.6 Å². The molecule has 0 aliphatic heterocycles. The highest BCUT2D eigenvalue weighted by atomic mass is 127. The van der Waals surface area contributed by atoms with Crippen LogP contribution in [0, 0.1) is 0 Å². The van der Waals surface area contributed by atoms with Crippen LogP contribution >= 0.6 is 35.7 Å². The second-order valence-electron chi connectivity index (χ2n) is 7.43. The third kappa shape index (κ3) is 11.1. The molecular formula is C18H36IN7OS. The normalized spacial score (nSPS) is 11.7. The van der Waals surface area contributed by atoms with Crippen LogP contribution in [0.5, 0.6) is 0 Å². The van der Waals surface area contributed by atoms with Crippen LogP contribution in [0.1, 0.15) is 39.9 Å². The van der Waals surface area contributed by atoms with Crippen LogP contribution in [0.15, 0.2) is 11.3 Å². The van der Waals surface area contributed by atoms with E-state index < -0.39 is 0 Å². The molecule has 0 aromatic carbocycles. The first-order chi connectivity index (χ1) is 12.8. The van der Waals surface area contributed by atoms with Gasteiger partial charge in [-0.3, -0.25) is 9.79 Å². The minimum atomic E-state index is -0.244. The zero-order chi connectivity index (χ0) is 20.3. The molecule has 0 radical (unpaired) electrons. The number of likely N-dealkylation sites (N-methyl/N-ethyl adjacent to an activating group) is 1. The Bertz CT molecular complexity index is 601. The van der Waals surface area contributed by atoms with Crippen LogP contribution in [0.3, 0.4) is 0 Å². The summed E-state index contributed by atoms with van der Waals surface area (Å²) < 4.78 is 2.03. The maximum Gasteiger partial charge on any atom is 0.240 e. The summed E-state index contributed by atoms with van der Waals surface area (Å²) in [7, 11) is 1.89. The second kappa shape index (κ2) is 14.0. The van der Waals surface area contributed by atoms with Gasteiger partial charge in [0.1, 0.15) is 12.2 Å². The summed E-state index contributed by atoms with van der Waals surface area (Å²) in [6.07, 6.45) is 5.70. The monoisotopic (exact) mass is 525 g/mol. The number of amides is 1. The van der Waals surface area contributed by atoms with Crippen molar-refractivity contribution in [1.82, 2.24) is 30.3 Å². The number of guanidine groups is 1. The van der Waals surface area contributed by atoms with Gasteiger partial charge in [-0.05, 0) is 39.2 Å². The molecule has 0 saturated heterocycles. The molecule has 0 saturated carbocycles. The van der Waals surface area contributed by atoms with Crippen LogP contribution in [0.4, 0.5) is 0 Å². The first-order valence-electron chi connectivity index (χ1n) is 9.43. The van der Waals surface area contributed by atoms with E-state index in [1.807, 2.05) is 49.0 Å². The van der Waals surface area contributed by atoms with Crippen molar-refractivity contribution < 1.29 is 4.79 Å². The minimum absolute atomic E-state index is 0. The van der Waals surface area contributed by atoms with E-state index in [1.54, 1.807) is 6.33 Å². The number of hydrogen-bond acceptors (Lipinski definition) is 5. The molecule has 0 bridgehead atoms. The Morgan fingerprint density at radius 2 is 2.11 bits per heavy atom. The molecule has 2 N–H and O–H groups in total.